The van der Waals surface area contributed by atoms with E-state index in [0.717, 1.165) is 18.4 Å². The second-order valence-electron chi connectivity index (χ2n) is 9.19. The van der Waals surface area contributed by atoms with Gasteiger partial charge in [0.1, 0.15) is 12.2 Å². The Balaban J connectivity index is 2.15. The van der Waals surface area contributed by atoms with E-state index in [1.54, 1.807) is 20.8 Å². The number of ether oxygens (including phenoxy) is 2. The van der Waals surface area contributed by atoms with Gasteiger partial charge in [0.05, 0.1) is 6.10 Å². The quantitative estimate of drug-likeness (QED) is 0.173. The summed E-state index contributed by atoms with van der Waals surface area (Å²) in [6, 6.07) is 8.85. The number of methoxy groups -OCH3 is 1. The Morgan fingerprint density at radius 3 is 2.43 bits per heavy atom. The minimum absolute atomic E-state index is 0.110. The fraction of sp³-hybridized carbons (Fsp3) is 0.640. The second-order valence-corrected chi connectivity index (χ2v) is 11.8. The molecule has 0 aliphatic carbocycles. The van der Waals surface area contributed by atoms with Crippen molar-refractivity contribution in [1.29, 1.82) is 0 Å². The molecular formula is C25H38NO8P. The highest BCUT2D eigenvalue weighted by Crippen LogP contribution is 2.50. The van der Waals surface area contributed by atoms with E-state index in [9.17, 15) is 24.1 Å². The van der Waals surface area contributed by atoms with Crippen molar-refractivity contribution in [3.05, 3.63) is 35.9 Å². The van der Waals surface area contributed by atoms with Crippen molar-refractivity contribution in [2.24, 2.45) is 5.92 Å². The lowest BCUT2D eigenvalue weighted by Crippen LogP contribution is -2.42. The number of likely N-dealkylation sites (tertiary alicyclic amines) is 1. The van der Waals surface area contributed by atoms with Crippen LogP contribution in [0.15, 0.2) is 30.3 Å². The third-order valence-corrected chi connectivity index (χ3v) is 8.35. The summed E-state index contributed by atoms with van der Waals surface area (Å²) >= 11 is 0. The number of carbonyl (C=O) groups excluding carboxylic acids is 2. The lowest BCUT2D eigenvalue weighted by Gasteiger charge is -2.29. The van der Waals surface area contributed by atoms with Gasteiger partial charge < -0.3 is 19.5 Å². The zero-order valence-corrected chi connectivity index (χ0v) is 21.9. The van der Waals surface area contributed by atoms with Gasteiger partial charge in [-0.1, -0.05) is 51.1 Å². The van der Waals surface area contributed by atoms with Crippen molar-refractivity contribution < 1.29 is 38.1 Å². The molecule has 1 aromatic carbocycles. The molecule has 0 radical (unpaired) electrons. The van der Waals surface area contributed by atoms with Crippen LogP contribution in [-0.2, 0) is 39.4 Å². The van der Waals surface area contributed by atoms with Crippen molar-refractivity contribution in [2.75, 3.05) is 26.0 Å². The van der Waals surface area contributed by atoms with Crippen molar-refractivity contribution >= 4 is 25.2 Å². The normalized spacial score (nSPS) is 20.4. The van der Waals surface area contributed by atoms with Gasteiger partial charge in [-0.2, -0.15) is 0 Å². The summed E-state index contributed by atoms with van der Waals surface area (Å²) < 4.78 is 30.5. The maximum Gasteiger partial charge on any atom is 0.326 e. The van der Waals surface area contributed by atoms with Crippen molar-refractivity contribution in [3.8, 4) is 0 Å². The number of rotatable bonds is 14. The van der Waals surface area contributed by atoms with Gasteiger partial charge in [0.2, 0.25) is 19.6 Å². The number of nitrogens with zero attached hydrogens (tertiary/aromatic N) is 1. The molecule has 196 valence electrons. The maximum atomic E-state index is 14.0. The average Bonchev–Trinajstić information content (AvgIpc) is 3.27. The highest BCUT2D eigenvalue weighted by molar-refractivity contribution is 7.59. The third kappa shape index (κ3) is 9.06. The van der Waals surface area contributed by atoms with Gasteiger partial charge >= 0.3 is 11.9 Å². The van der Waals surface area contributed by atoms with Gasteiger partial charge in [0.15, 0.2) is 0 Å². The predicted octanol–water partition coefficient (Wildman–Crippen LogP) is 3.94. The van der Waals surface area contributed by atoms with E-state index >= 15 is 0 Å². The first kappa shape index (κ1) is 29.0. The zero-order valence-electron chi connectivity index (χ0n) is 21.1. The Kier molecular flexibility index (Phi) is 11.4. The first-order valence-electron chi connectivity index (χ1n) is 12.1. The molecule has 35 heavy (non-hydrogen) atoms. The second kappa shape index (κ2) is 13.8. The molecule has 1 aliphatic heterocycles. The van der Waals surface area contributed by atoms with Gasteiger partial charge in [0, 0.05) is 38.6 Å². The van der Waals surface area contributed by atoms with Crippen LogP contribution in [0.3, 0.4) is 0 Å². The average molecular weight is 512 g/mol. The Morgan fingerprint density at radius 1 is 1.17 bits per heavy atom. The number of benzene rings is 1. The predicted molar refractivity (Wildman–Crippen MR) is 131 cm³/mol. The van der Waals surface area contributed by atoms with E-state index in [2.05, 4.69) is 0 Å². The van der Waals surface area contributed by atoms with Crippen LogP contribution in [0.1, 0.15) is 52.0 Å². The molecule has 0 saturated carbocycles. The molecule has 1 saturated heterocycles. The van der Waals surface area contributed by atoms with E-state index in [-0.39, 0.29) is 31.5 Å². The highest BCUT2D eigenvalue weighted by Gasteiger charge is 2.42. The van der Waals surface area contributed by atoms with E-state index in [4.69, 9.17) is 14.0 Å². The number of aliphatic carboxylic acids is 1. The minimum atomic E-state index is -3.61. The van der Waals surface area contributed by atoms with Crippen LogP contribution < -0.4 is 0 Å². The molecule has 0 spiro atoms. The van der Waals surface area contributed by atoms with E-state index in [1.807, 2.05) is 30.3 Å². The zero-order chi connectivity index (χ0) is 26.0. The molecule has 1 N–H and O–H groups in total. The Labute approximate surface area is 207 Å². The largest absolute Gasteiger partial charge is 0.480 e. The first-order chi connectivity index (χ1) is 16.6. The molecule has 0 aromatic heterocycles. The van der Waals surface area contributed by atoms with Crippen LogP contribution >= 0.6 is 7.37 Å². The molecule has 1 aromatic rings. The monoisotopic (exact) mass is 511 g/mol. The minimum Gasteiger partial charge on any atom is -0.480 e. The molecule has 1 heterocycles. The van der Waals surface area contributed by atoms with Crippen LogP contribution in [0, 0.1) is 5.92 Å². The summed E-state index contributed by atoms with van der Waals surface area (Å²) in [5.74, 6) is -2.46. The Morgan fingerprint density at radius 2 is 1.86 bits per heavy atom. The summed E-state index contributed by atoms with van der Waals surface area (Å²) in [6.45, 7) is 5.31. The van der Waals surface area contributed by atoms with Gasteiger partial charge in [0.25, 0.3) is 0 Å². The summed E-state index contributed by atoms with van der Waals surface area (Å²) in [5, 5.41) is 9.56. The fourth-order valence-corrected chi connectivity index (χ4v) is 6.25. The van der Waals surface area contributed by atoms with Crippen molar-refractivity contribution in [1.82, 2.24) is 4.90 Å². The fourth-order valence-electron chi connectivity index (χ4n) is 3.95. The SMILES string of the molecule is CCC(=O)O[C@H](OP(=O)(CCCCc1ccccc1)CC(=O)N1C[C@H](OC)C[C@H]1C(=O)O)C(C)C. The number of esters is 1. The van der Waals surface area contributed by atoms with Crippen LogP contribution in [0.4, 0.5) is 0 Å². The standard InChI is InChI=1S/C25H38NO8P/c1-5-23(28)33-25(18(2)3)34-35(31,14-10-9-13-19-11-7-6-8-12-19)17-22(27)26-16-20(32-4)15-21(26)24(29)30/h6-8,11-12,18,20-21,25H,5,9-10,13-17H2,1-4H3,(H,29,30)/t20-,21+,25-,35?/m1/s1. The van der Waals surface area contributed by atoms with Crippen molar-refractivity contribution in [2.45, 2.75) is 71.3 Å². The van der Waals surface area contributed by atoms with Gasteiger partial charge in [-0.3, -0.25) is 18.7 Å². The maximum absolute atomic E-state index is 14.0. The van der Waals surface area contributed by atoms with Gasteiger partial charge in [-0.15, -0.1) is 0 Å². The smallest absolute Gasteiger partial charge is 0.326 e. The molecule has 0 bridgehead atoms. The van der Waals surface area contributed by atoms with Gasteiger partial charge in [-0.05, 0) is 24.8 Å². The molecule has 1 fully saturated rings. The molecule has 1 unspecified atom stereocenters. The number of amides is 1. The highest BCUT2D eigenvalue weighted by atomic mass is 31.2. The topological polar surface area (TPSA) is 119 Å². The summed E-state index contributed by atoms with van der Waals surface area (Å²) in [4.78, 5) is 38.0. The van der Waals surface area contributed by atoms with E-state index < -0.39 is 49.8 Å². The molecule has 4 atom stereocenters. The summed E-state index contributed by atoms with van der Waals surface area (Å²) in [5.41, 5.74) is 1.16. The Hall–Kier alpha value is -2.22. The van der Waals surface area contributed by atoms with Crippen LogP contribution in [0.25, 0.3) is 0 Å². The molecular weight excluding hydrogens is 473 g/mol. The van der Waals surface area contributed by atoms with Crippen LogP contribution in [-0.4, -0.2) is 72.3 Å². The first-order valence-corrected chi connectivity index (χ1v) is 14.1. The van der Waals surface area contributed by atoms with E-state index in [0.29, 0.717) is 6.42 Å². The van der Waals surface area contributed by atoms with Crippen LogP contribution in [0.2, 0.25) is 0 Å². The Bertz CT molecular complexity index is 891. The van der Waals surface area contributed by atoms with E-state index in [1.165, 1.54) is 12.0 Å². The number of hydrogen-bond acceptors (Lipinski definition) is 7. The van der Waals surface area contributed by atoms with Crippen molar-refractivity contribution in [3.63, 3.8) is 0 Å². The number of aryl methyl sites for hydroxylation is 1. The number of carboxylic acids is 1. The number of hydrogen-bond donors (Lipinski definition) is 1. The lowest BCUT2D eigenvalue weighted by molar-refractivity contribution is -0.169. The number of carbonyl (C=O) groups is 3. The summed E-state index contributed by atoms with van der Waals surface area (Å²) in [6.07, 6.45) is 0.576. The number of unbranched alkanes of at least 4 members (excludes halogenated alkanes) is 1. The molecule has 1 amide bonds. The lowest BCUT2D eigenvalue weighted by atomic mass is 10.1. The molecule has 10 heteroatoms. The molecule has 2 rings (SSSR count). The number of carboxylic acid groups (broad SMARTS) is 1. The molecule has 1 aliphatic rings. The third-order valence-electron chi connectivity index (χ3n) is 6.01. The molecule has 9 nitrogen and oxygen atoms in total. The summed E-state index contributed by atoms with van der Waals surface area (Å²) in [7, 11) is -2.15. The van der Waals surface area contributed by atoms with Gasteiger partial charge in [-0.25, -0.2) is 4.79 Å². The van der Waals surface area contributed by atoms with Crippen LogP contribution in [0.5, 0.6) is 0 Å².